The van der Waals surface area contributed by atoms with Gasteiger partial charge in [0.15, 0.2) is 5.11 Å². The largest absolute Gasteiger partial charge is 0.477 e. The summed E-state index contributed by atoms with van der Waals surface area (Å²) in [7, 11) is 0. The summed E-state index contributed by atoms with van der Waals surface area (Å²) in [6.45, 7) is 5.61. The minimum Gasteiger partial charge on any atom is -0.477 e. The van der Waals surface area contributed by atoms with E-state index in [1.54, 1.807) is 11.4 Å². The van der Waals surface area contributed by atoms with Crippen molar-refractivity contribution in [3.8, 4) is 0 Å². The first-order chi connectivity index (χ1) is 7.60. The molecule has 0 aliphatic heterocycles. The molecule has 2 N–H and O–H groups in total. The van der Waals surface area contributed by atoms with Crippen LogP contribution in [0.2, 0.25) is 0 Å². The molecule has 0 aliphatic carbocycles. The van der Waals surface area contributed by atoms with Gasteiger partial charge in [0.25, 0.3) is 0 Å². The molecule has 1 aromatic heterocycles. The first kappa shape index (κ1) is 12.9. The highest BCUT2D eigenvalue weighted by molar-refractivity contribution is 7.80. The molecule has 4 nitrogen and oxygen atoms in total. The van der Waals surface area contributed by atoms with Crippen molar-refractivity contribution < 1.29 is 9.90 Å². The molecular formula is C10H14N2O2S2. The molecule has 0 amide bonds. The number of anilines is 1. The second-order valence-corrected chi connectivity index (χ2v) is 4.37. The zero-order valence-corrected chi connectivity index (χ0v) is 10.8. The van der Waals surface area contributed by atoms with Gasteiger partial charge in [-0.25, -0.2) is 4.79 Å². The van der Waals surface area contributed by atoms with Crippen LogP contribution in [0.1, 0.15) is 23.5 Å². The second-order valence-electron chi connectivity index (χ2n) is 3.07. The lowest BCUT2D eigenvalue weighted by molar-refractivity contribution is 0.0703. The number of carbonyl (C=O) groups is 1. The van der Waals surface area contributed by atoms with Crippen molar-refractivity contribution in [3.63, 3.8) is 0 Å². The Morgan fingerprint density at radius 3 is 2.69 bits per heavy atom. The van der Waals surface area contributed by atoms with Crippen molar-refractivity contribution in [2.45, 2.75) is 13.8 Å². The Hall–Kier alpha value is -1.14. The first-order valence-corrected chi connectivity index (χ1v) is 6.25. The summed E-state index contributed by atoms with van der Waals surface area (Å²) in [4.78, 5) is 13.1. The van der Waals surface area contributed by atoms with Crippen LogP contribution in [-0.2, 0) is 0 Å². The molecule has 16 heavy (non-hydrogen) atoms. The standard InChI is InChI=1S/C10H14N2O2S2/c1-3-12(4-2)10(15)11-7-5-6-16-8(7)9(13)14/h5-6H,3-4H2,1-2H3,(H,11,15)(H,13,14). The Bertz CT molecular complexity index is 386. The van der Waals surface area contributed by atoms with Crippen molar-refractivity contribution in [1.82, 2.24) is 4.90 Å². The molecule has 1 heterocycles. The Kier molecular flexibility index (Phi) is 4.70. The maximum atomic E-state index is 10.9. The number of nitrogens with zero attached hydrogens (tertiary/aromatic N) is 1. The SMILES string of the molecule is CCN(CC)C(=S)Nc1ccsc1C(=O)O. The van der Waals surface area contributed by atoms with Gasteiger partial charge in [0.2, 0.25) is 0 Å². The van der Waals surface area contributed by atoms with Crippen LogP contribution in [0, 0.1) is 0 Å². The van der Waals surface area contributed by atoms with E-state index in [2.05, 4.69) is 5.32 Å². The zero-order chi connectivity index (χ0) is 12.1. The van der Waals surface area contributed by atoms with Crippen LogP contribution in [0.3, 0.4) is 0 Å². The maximum Gasteiger partial charge on any atom is 0.348 e. The van der Waals surface area contributed by atoms with Gasteiger partial charge < -0.3 is 15.3 Å². The molecule has 0 unspecified atom stereocenters. The van der Waals surface area contributed by atoms with Crippen molar-refractivity contribution >= 4 is 40.3 Å². The molecule has 0 spiro atoms. The van der Waals surface area contributed by atoms with Gasteiger partial charge >= 0.3 is 5.97 Å². The predicted molar refractivity (Wildman–Crippen MR) is 70.4 cm³/mol. The highest BCUT2D eigenvalue weighted by Crippen LogP contribution is 2.22. The minimum atomic E-state index is -0.931. The van der Waals surface area contributed by atoms with Gasteiger partial charge in [-0.3, -0.25) is 0 Å². The number of thiocarbonyl (C=S) groups is 1. The van der Waals surface area contributed by atoms with Crippen LogP contribution in [0.5, 0.6) is 0 Å². The fourth-order valence-corrected chi connectivity index (χ4v) is 2.33. The molecular weight excluding hydrogens is 244 g/mol. The average molecular weight is 258 g/mol. The molecule has 0 radical (unpaired) electrons. The van der Waals surface area contributed by atoms with Gasteiger partial charge in [0.1, 0.15) is 4.88 Å². The molecule has 0 aromatic carbocycles. The van der Waals surface area contributed by atoms with E-state index in [4.69, 9.17) is 17.3 Å². The van der Waals surface area contributed by atoms with E-state index >= 15 is 0 Å². The molecule has 0 bridgehead atoms. The number of aromatic carboxylic acids is 1. The molecule has 6 heteroatoms. The summed E-state index contributed by atoms with van der Waals surface area (Å²) in [5.41, 5.74) is 0.564. The van der Waals surface area contributed by atoms with Gasteiger partial charge in [0.05, 0.1) is 5.69 Å². The third kappa shape index (κ3) is 2.93. The quantitative estimate of drug-likeness (QED) is 0.813. The molecule has 0 atom stereocenters. The van der Waals surface area contributed by atoms with E-state index in [1.165, 1.54) is 11.3 Å². The smallest absolute Gasteiger partial charge is 0.348 e. The molecule has 0 saturated heterocycles. The van der Waals surface area contributed by atoms with E-state index in [-0.39, 0.29) is 4.88 Å². The molecule has 0 aliphatic rings. The number of carboxylic acids is 1. The molecule has 1 rings (SSSR count). The normalized spacial score (nSPS) is 9.88. The van der Waals surface area contributed by atoms with Gasteiger partial charge in [-0.1, -0.05) is 0 Å². The van der Waals surface area contributed by atoms with Gasteiger partial charge in [0, 0.05) is 13.1 Å². The van der Waals surface area contributed by atoms with Crippen molar-refractivity contribution in [2.75, 3.05) is 18.4 Å². The molecule has 0 saturated carbocycles. The van der Waals surface area contributed by atoms with Crippen molar-refractivity contribution in [2.24, 2.45) is 0 Å². The maximum absolute atomic E-state index is 10.9. The highest BCUT2D eigenvalue weighted by atomic mass is 32.1. The van der Waals surface area contributed by atoms with E-state index in [0.29, 0.717) is 10.8 Å². The number of hydrogen-bond acceptors (Lipinski definition) is 3. The monoisotopic (exact) mass is 258 g/mol. The Morgan fingerprint density at radius 1 is 1.56 bits per heavy atom. The lowest BCUT2D eigenvalue weighted by atomic mass is 10.4. The first-order valence-electron chi connectivity index (χ1n) is 4.96. The van der Waals surface area contributed by atoms with Crippen LogP contribution in [0.4, 0.5) is 5.69 Å². The van der Waals surface area contributed by atoms with E-state index in [0.717, 1.165) is 13.1 Å². The Morgan fingerprint density at radius 2 is 2.19 bits per heavy atom. The van der Waals surface area contributed by atoms with E-state index < -0.39 is 5.97 Å². The van der Waals surface area contributed by atoms with Gasteiger partial charge in [-0.2, -0.15) is 0 Å². The predicted octanol–water partition coefficient (Wildman–Crippen LogP) is 2.48. The summed E-state index contributed by atoms with van der Waals surface area (Å²) >= 11 is 6.38. The Balaban J connectivity index is 2.76. The van der Waals surface area contributed by atoms with Gasteiger partial charge in [-0.05, 0) is 37.5 Å². The van der Waals surface area contributed by atoms with E-state index in [9.17, 15) is 4.79 Å². The minimum absolute atomic E-state index is 0.287. The number of carboxylic acid groups (broad SMARTS) is 1. The van der Waals surface area contributed by atoms with Crippen LogP contribution >= 0.6 is 23.6 Å². The zero-order valence-electron chi connectivity index (χ0n) is 9.19. The fourth-order valence-electron chi connectivity index (χ4n) is 1.28. The summed E-state index contributed by atoms with van der Waals surface area (Å²) in [6.07, 6.45) is 0. The molecule has 1 aromatic rings. The summed E-state index contributed by atoms with van der Waals surface area (Å²) < 4.78 is 0. The third-order valence-corrected chi connectivity index (χ3v) is 3.41. The fraction of sp³-hybridized carbons (Fsp3) is 0.400. The lowest BCUT2D eigenvalue weighted by Crippen LogP contribution is -2.34. The lowest BCUT2D eigenvalue weighted by Gasteiger charge is -2.22. The van der Waals surface area contributed by atoms with Crippen LogP contribution < -0.4 is 5.32 Å². The topological polar surface area (TPSA) is 52.6 Å². The van der Waals surface area contributed by atoms with Crippen LogP contribution in [-0.4, -0.2) is 34.2 Å². The van der Waals surface area contributed by atoms with E-state index in [1.807, 2.05) is 18.7 Å². The number of rotatable bonds is 4. The number of hydrogen-bond donors (Lipinski definition) is 2. The molecule has 0 fully saturated rings. The highest BCUT2D eigenvalue weighted by Gasteiger charge is 2.14. The summed E-state index contributed by atoms with van der Waals surface area (Å²) in [5, 5.41) is 14.2. The second kappa shape index (κ2) is 5.81. The van der Waals surface area contributed by atoms with Crippen molar-refractivity contribution in [1.29, 1.82) is 0 Å². The summed E-state index contributed by atoms with van der Waals surface area (Å²) in [5.74, 6) is -0.931. The number of nitrogens with one attached hydrogen (secondary N) is 1. The summed E-state index contributed by atoms with van der Waals surface area (Å²) in [6, 6.07) is 1.73. The van der Waals surface area contributed by atoms with Crippen molar-refractivity contribution in [3.05, 3.63) is 16.3 Å². The number of thiophene rings is 1. The third-order valence-electron chi connectivity index (χ3n) is 2.15. The average Bonchev–Trinajstić information content (AvgIpc) is 2.67. The van der Waals surface area contributed by atoms with Gasteiger partial charge in [-0.15, -0.1) is 11.3 Å². The van der Waals surface area contributed by atoms with Crippen LogP contribution in [0.15, 0.2) is 11.4 Å². The molecule has 88 valence electrons. The Labute approximate surface area is 104 Å². The van der Waals surface area contributed by atoms with Crippen LogP contribution in [0.25, 0.3) is 0 Å².